The number of carbonyl (C=O) groups is 1. The van der Waals surface area contributed by atoms with Crippen LogP contribution in [0.25, 0.3) is 0 Å². The van der Waals surface area contributed by atoms with Gasteiger partial charge in [0, 0.05) is 12.6 Å². The van der Waals surface area contributed by atoms with Crippen LogP contribution in [-0.2, 0) is 11.3 Å². The Morgan fingerprint density at radius 3 is 2.94 bits per heavy atom. The van der Waals surface area contributed by atoms with Crippen LogP contribution in [-0.4, -0.2) is 35.7 Å². The standard InChI is InChI=1S/C14H19NO3/c1-10-13(14(16)17)6-7-15(10)9-11-4-3-5-12(8-11)18-2/h3-5,8,10,13H,6-7,9H2,1-2H3,(H,16,17). The zero-order valence-electron chi connectivity index (χ0n) is 10.8. The maximum Gasteiger partial charge on any atom is 0.308 e. The number of benzene rings is 1. The second-order valence-electron chi connectivity index (χ2n) is 4.80. The van der Waals surface area contributed by atoms with E-state index in [1.807, 2.05) is 31.2 Å². The number of hydrogen-bond donors (Lipinski definition) is 1. The van der Waals surface area contributed by atoms with E-state index in [2.05, 4.69) is 4.90 Å². The Balaban J connectivity index is 2.04. The van der Waals surface area contributed by atoms with Crippen LogP contribution in [0.1, 0.15) is 18.9 Å². The first-order chi connectivity index (χ1) is 8.61. The van der Waals surface area contributed by atoms with Gasteiger partial charge in [-0.2, -0.15) is 0 Å². The fourth-order valence-corrected chi connectivity index (χ4v) is 2.56. The van der Waals surface area contributed by atoms with Crippen molar-refractivity contribution in [3.8, 4) is 5.75 Å². The van der Waals surface area contributed by atoms with Crippen LogP contribution in [0.4, 0.5) is 0 Å². The van der Waals surface area contributed by atoms with Gasteiger partial charge in [-0.05, 0) is 37.6 Å². The minimum atomic E-state index is -0.685. The Morgan fingerprint density at radius 1 is 1.56 bits per heavy atom. The van der Waals surface area contributed by atoms with Crippen LogP contribution in [0.2, 0.25) is 0 Å². The lowest BCUT2D eigenvalue weighted by Crippen LogP contribution is -2.32. The van der Waals surface area contributed by atoms with Gasteiger partial charge in [0.2, 0.25) is 0 Å². The Kier molecular flexibility index (Phi) is 3.87. The van der Waals surface area contributed by atoms with E-state index in [0.717, 1.165) is 30.8 Å². The summed E-state index contributed by atoms with van der Waals surface area (Å²) in [6.07, 6.45) is 0.737. The molecule has 1 fully saturated rings. The van der Waals surface area contributed by atoms with Gasteiger partial charge >= 0.3 is 5.97 Å². The van der Waals surface area contributed by atoms with Crippen molar-refractivity contribution in [1.29, 1.82) is 0 Å². The van der Waals surface area contributed by atoms with Crippen molar-refractivity contribution in [2.45, 2.75) is 25.9 Å². The number of hydrogen-bond acceptors (Lipinski definition) is 3. The van der Waals surface area contributed by atoms with Crippen LogP contribution in [0, 0.1) is 5.92 Å². The first-order valence-corrected chi connectivity index (χ1v) is 6.21. The first kappa shape index (κ1) is 12.9. The summed E-state index contributed by atoms with van der Waals surface area (Å²) >= 11 is 0. The molecule has 1 aliphatic heterocycles. The van der Waals surface area contributed by atoms with E-state index >= 15 is 0 Å². The first-order valence-electron chi connectivity index (χ1n) is 6.21. The quantitative estimate of drug-likeness (QED) is 0.886. The number of aliphatic carboxylic acids is 1. The Bertz CT molecular complexity index is 433. The monoisotopic (exact) mass is 249 g/mol. The summed E-state index contributed by atoms with van der Waals surface area (Å²) in [7, 11) is 1.65. The molecule has 1 aromatic rings. The van der Waals surface area contributed by atoms with Gasteiger partial charge in [0.25, 0.3) is 0 Å². The van der Waals surface area contributed by atoms with Crippen molar-refractivity contribution >= 4 is 5.97 Å². The topological polar surface area (TPSA) is 49.8 Å². The zero-order valence-corrected chi connectivity index (χ0v) is 10.8. The number of methoxy groups -OCH3 is 1. The Morgan fingerprint density at radius 2 is 2.33 bits per heavy atom. The van der Waals surface area contributed by atoms with Gasteiger partial charge in [0.15, 0.2) is 0 Å². The average molecular weight is 249 g/mol. The molecular weight excluding hydrogens is 230 g/mol. The van der Waals surface area contributed by atoms with Crippen LogP contribution in [0.3, 0.4) is 0 Å². The predicted molar refractivity (Wildman–Crippen MR) is 68.6 cm³/mol. The largest absolute Gasteiger partial charge is 0.497 e. The number of rotatable bonds is 4. The summed E-state index contributed by atoms with van der Waals surface area (Å²) in [5, 5.41) is 9.10. The van der Waals surface area contributed by atoms with E-state index < -0.39 is 5.97 Å². The molecule has 0 radical (unpaired) electrons. The van der Waals surface area contributed by atoms with Gasteiger partial charge in [-0.1, -0.05) is 12.1 Å². The molecule has 1 saturated heterocycles. The third-order valence-corrected chi connectivity index (χ3v) is 3.72. The molecule has 0 spiro atoms. The van der Waals surface area contributed by atoms with E-state index in [1.165, 1.54) is 0 Å². The molecule has 0 saturated carbocycles. The maximum absolute atomic E-state index is 11.1. The van der Waals surface area contributed by atoms with Crippen molar-refractivity contribution in [2.24, 2.45) is 5.92 Å². The summed E-state index contributed by atoms with van der Waals surface area (Å²) in [6, 6.07) is 8.01. The van der Waals surface area contributed by atoms with Crippen molar-refractivity contribution in [3.05, 3.63) is 29.8 Å². The highest BCUT2D eigenvalue weighted by molar-refractivity contribution is 5.71. The lowest BCUT2D eigenvalue weighted by molar-refractivity contribution is -0.142. The van der Waals surface area contributed by atoms with Crippen LogP contribution < -0.4 is 4.74 Å². The summed E-state index contributed by atoms with van der Waals surface area (Å²) in [5.41, 5.74) is 1.16. The highest BCUT2D eigenvalue weighted by Gasteiger charge is 2.35. The van der Waals surface area contributed by atoms with E-state index in [4.69, 9.17) is 9.84 Å². The van der Waals surface area contributed by atoms with Crippen LogP contribution in [0.15, 0.2) is 24.3 Å². The molecule has 1 aliphatic rings. The van der Waals surface area contributed by atoms with Gasteiger partial charge < -0.3 is 9.84 Å². The van der Waals surface area contributed by atoms with E-state index in [1.54, 1.807) is 7.11 Å². The molecule has 1 N–H and O–H groups in total. The van der Waals surface area contributed by atoms with Crippen molar-refractivity contribution in [1.82, 2.24) is 4.90 Å². The lowest BCUT2D eigenvalue weighted by Gasteiger charge is -2.23. The molecule has 98 valence electrons. The number of nitrogens with zero attached hydrogens (tertiary/aromatic N) is 1. The summed E-state index contributed by atoms with van der Waals surface area (Å²) < 4.78 is 5.19. The van der Waals surface area contributed by atoms with Gasteiger partial charge in [0.05, 0.1) is 13.0 Å². The van der Waals surface area contributed by atoms with Gasteiger partial charge in [-0.25, -0.2) is 0 Å². The van der Waals surface area contributed by atoms with Gasteiger partial charge in [-0.15, -0.1) is 0 Å². The van der Waals surface area contributed by atoms with E-state index in [-0.39, 0.29) is 12.0 Å². The molecule has 4 nitrogen and oxygen atoms in total. The Hall–Kier alpha value is -1.55. The van der Waals surface area contributed by atoms with Gasteiger partial charge in [-0.3, -0.25) is 9.69 Å². The second kappa shape index (κ2) is 5.40. The summed E-state index contributed by atoms with van der Waals surface area (Å²) in [5.74, 6) is -0.0830. The SMILES string of the molecule is COc1cccc(CN2CCC(C(=O)O)C2C)c1. The molecule has 4 heteroatoms. The number of carboxylic acid groups (broad SMARTS) is 1. The third-order valence-electron chi connectivity index (χ3n) is 3.72. The van der Waals surface area contributed by atoms with Crippen LogP contribution >= 0.6 is 0 Å². The minimum absolute atomic E-state index is 0.0914. The normalized spacial score (nSPS) is 24.1. The Labute approximate surface area is 107 Å². The highest BCUT2D eigenvalue weighted by Crippen LogP contribution is 2.26. The number of carboxylic acids is 1. The molecule has 1 heterocycles. The second-order valence-corrected chi connectivity index (χ2v) is 4.80. The average Bonchev–Trinajstić information content (AvgIpc) is 2.71. The minimum Gasteiger partial charge on any atom is -0.497 e. The third kappa shape index (κ3) is 2.64. The predicted octanol–water partition coefficient (Wildman–Crippen LogP) is 1.99. The number of ether oxygens (including phenoxy) is 1. The smallest absolute Gasteiger partial charge is 0.308 e. The molecule has 18 heavy (non-hydrogen) atoms. The fraction of sp³-hybridized carbons (Fsp3) is 0.500. The molecule has 2 unspecified atom stereocenters. The molecule has 0 aliphatic carbocycles. The molecule has 0 bridgehead atoms. The van der Waals surface area contributed by atoms with Crippen molar-refractivity contribution < 1.29 is 14.6 Å². The van der Waals surface area contributed by atoms with Gasteiger partial charge in [0.1, 0.15) is 5.75 Å². The number of likely N-dealkylation sites (tertiary alicyclic amines) is 1. The maximum atomic E-state index is 11.1. The molecule has 2 atom stereocenters. The molecule has 0 aromatic heterocycles. The summed E-state index contributed by atoms with van der Waals surface area (Å²) in [4.78, 5) is 13.3. The zero-order chi connectivity index (χ0) is 13.1. The molecule has 1 aromatic carbocycles. The fourth-order valence-electron chi connectivity index (χ4n) is 2.56. The van der Waals surface area contributed by atoms with Crippen molar-refractivity contribution in [3.63, 3.8) is 0 Å². The summed E-state index contributed by atoms with van der Waals surface area (Å²) in [6.45, 7) is 3.61. The van der Waals surface area contributed by atoms with E-state index in [9.17, 15) is 4.79 Å². The molecule has 0 amide bonds. The van der Waals surface area contributed by atoms with Crippen LogP contribution in [0.5, 0.6) is 5.75 Å². The van der Waals surface area contributed by atoms with E-state index in [0.29, 0.717) is 0 Å². The lowest BCUT2D eigenvalue weighted by atomic mass is 10.0. The molecular formula is C14H19NO3. The molecule has 2 rings (SSSR count). The van der Waals surface area contributed by atoms with Crippen molar-refractivity contribution in [2.75, 3.05) is 13.7 Å². The highest BCUT2D eigenvalue weighted by atomic mass is 16.5.